The summed E-state index contributed by atoms with van der Waals surface area (Å²) >= 11 is 0. The third kappa shape index (κ3) is 3.00. The van der Waals surface area contributed by atoms with E-state index in [0.29, 0.717) is 18.7 Å². The molecule has 1 aromatic carbocycles. The molecule has 1 aliphatic heterocycles. The molecule has 3 rings (SSSR count). The third-order valence-corrected chi connectivity index (χ3v) is 4.25. The molecule has 8 nitrogen and oxygen atoms in total. The van der Waals surface area contributed by atoms with E-state index in [1.807, 2.05) is 12.3 Å². The number of aromatic nitrogens is 1. The monoisotopic (exact) mass is 338 g/mol. The summed E-state index contributed by atoms with van der Waals surface area (Å²) in [5.41, 5.74) is 7.44. The van der Waals surface area contributed by atoms with Crippen LogP contribution in [-0.4, -0.2) is 69.3 Å². The van der Waals surface area contributed by atoms with Crippen molar-refractivity contribution in [1.82, 2.24) is 4.98 Å². The maximum atomic E-state index is 10.1. The molecule has 0 saturated carbocycles. The number of benzene rings is 1. The lowest BCUT2D eigenvalue weighted by Crippen LogP contribution is -2.60. The van der Waals surface area contributed by atoms with Gasteiger partial charge in [-0.3, -0.25) is 0 Å². The van der Waals surface area contributed by atoms with E-state index in [1.54, 1.807) is 12.1 Å². The van der Waals surface area contributed by atoms with Crippen molar-refractivity contribution in [2.75, 3.05) is 13.2 Å². The standard InChI is InChI=1S/C16H22N2O6/c17-5-4-8-6-18-9-2-1-3-10(12(8)9)23-16-15(22)14(21)13(20)11(7-19)24-16/h1-3,6,11,13-16,18-22H,4-5,7,17H2/t11?,13-,14?,15?,16-/m1/s1. The van der Waals surface area contributed by atoms with Gasteiger partial charge >= 0.3 is 0 Å². The number of nitrogens with two attached hydrogens (primary N) is 1. The van der Waals surface area contributed by atoms with Crippen LogP contribution in [0.2, 0.25) is 0 Å². The Balaban J connectivity index is 1.90. The maximum absolute atomic E-state index is 10.1. The molecule has 2 aromatic rings. The van der Waals surface area contributed by atoms with Crippen molar-refractivity contribution in [3.8, 4) is 5.75 Å². The summed E-state index contributed by atoms with van der Waals surface area (Å²) in [5.74, 6) is 0.460. The summed E-state index contributed by atoms with van der Waals surface area (Å²) in [6, 6.07) is 5.39. The molecule has 0 aliphatic carbocycles. The molecule has 1 fully saturated rings. The van der Waals surface area contributed by atoms with Crippen molar-refractivity contribution in [3.05, 3.63) is 30.0 Å². The first-order chi connectivity index (χ1) is 11.6. The first-order valence-corrected chi connectivity index (χ1v) is 7.83. The SMILES string of the molecule is NCCc1c[nH]c2cccc(O[C@@H]3OC(CO)[C@@H](O)C(O)C3O)c12. The van der Waals surface area contributed by atoms with Crippen molar-refractivity contribution < 1.29 is 29.9 Å². The van der Waals surface area contributed by atoms with E-state index in [4.69, 9.17) is 15.2 Å². The molecule has 7 N–H and O–H groups in total. The van der Waals surface area contributed by atoms with Crippen LogP contribution in [0.3, 0.4) is 0 Å². The number of ether oxygens (including phenoxy) is 2. The van der Waals surface area contributed by atoms with Crippen LogP contribution in [0.1, 0.15) is 5.56 Å². The van der Waals surface area contributed by atoms with Gasteiger partial charge in [0.25, 0.3) is 0 Å². The average Bonchev–Trinajstić information content (AvgIpc) is 3.00. The molecular formula is C16H22N2O6. The van der Waals surface area contributed by atoms with E-state index in [0.717, 1.165) is 16.5 Å². The van der Waals surface area contributed by atoms with Crippen molar-refractivity contribution in [2.24, 2.45) is 5.73 Å². The number of nitrogens with one attached hydrogen (secondary N) is 1. The Bertz CT molecular complexity index is 688. The second-order valence-electron chi connectivity index (χ2n) is 5.85. The molecule has 0 amide bonds. The molecule has 1 aromatic heterocycles. The van der Waals surface area contributed by atoms with Gasteiger partial charge in [-0.1, -0.05) is 6.07 Å². The van der Waals surface area contributed by atoms with Gasteiger partial charge in [0.2, 0.25) is 6.29 Å². The molecule has 24 heavy (non-hydrogen) atoms. The molecule has 3 unspecified atom stereocenters. The van der Waals surface area contributed by atoms with Crippen LogP contribution in [0, 0.1) is 0 Å². The highest BCUT2D eigenvalue weighted by molar-refractivity contribution is 5.89. The summed E-state index contributed by atoms with van der Waals surface area (Å²) in [6.07, 6.45) is -4.08. The van der Waals surface area contributed by atoms with Gasteiger partial charge in [-0.2, -0.15) is 0 Å². The van der Waals surface area contributed by atoms with Crippen LogP contribution >= 0.6 is 0 Å². The van der Waals surface area contributed by atoms with Gasteiger partial charge in [0, 0.05) is 17.1 Å². The molecule has 0 spiro atoms. The number of rotatable bonds is 5. The highest BCUT2D eigenvalue weighted by atomic mass is 16.7. The zero-order chi connectivity index (χ0) is 17.3. The fourth-order valence-electron chi connectivity index (χ4n) is 2.96. The van der Waals surface area contributed by atoms with Crippen LogP contribution in [0.4, 0.5) is 0 Å². The summed E-state index contributed by atoms with van der Waals surface area (Å²) in [5, 5.41) is 39.9. The quantitative estimate of drug-likeness (QED) is 0.404. The first kappa shape index (κ1) is 17.2. The fourth-order valence-corrected chi connectivity index (χ4v) is 2.96. The van der Waals surface area contributed by atoms with Gasteiger partial charge in [-0.15, -0.1) is 0 Å². The second-order valence-corrected chi connectivity index (χ2v) is 5.85. The Hall–Kier alpha value is -1.68. The molecule has 5 atom stereocenters. The Kier molecular flexibility index (Phi) is 5.04. The van der Waals surface area contributed by atoms with E-state index in [1.165, 1.54) is 0 Å². The molecule has 2 heterocycles. The normalized spacial score (nSPS) is 30.6. The molecular weight excluding hydrogens is 316 g/mol. The minimum Gasteiger partial charge on any atom is -0.461 e. The smallest absolute Gasteiger partial charge is 0.229 e. The number of hydrogen-bond acceptors (Lipinski definition) is 7. The summed E-state index contributed by atoms with van der Waals surface area (Å²) in [7, 11) is 0. The van der Waals surface area contributed by atoms with Gasteiger partial charge in [0.15, 0.2) is 0 Å². The van der Waals surface area contributed by atoms with Crippen molar-refractivity contribution in [2.45, 2.75) is 37.1 Å². The zero-order valence-corrected chi connectivity index (χ0v) is 13.0. The number of aliphatic hydroxyl groups is 4. The van der Waals surface area contributed by atoms with Crippen LogP contribution < -0.4 is 10.5 Å². The first-order valence-electron chi connectivity index (χ1n) is 7.83. The van der Waals surface area contributed by atoms with E-state index in [-0.39, 0.29) is 0 Å². The largest absolute Gasteiger partial charge is 0.461 e. The highest BCUT2D eigenvalue weighted by Crippen LogP contribution is 2.32. The number of aliphatic hydroxyl groups excluding tert-OH is 4. The van der Waals surface area contributed by atoms with Gasteiger partial charge in [0.05, 0.1) is 6.61 Å². The Morgan fingerprint density at radius 2 is 1.96 bits per heavy atom. The van der Waals surface area contributed by atoms with Gasteiger partial charge in [-0.05, 0) is 30.7 Å². The Morgan fingerprint density at radius 3 is 2.67 bits per heavy atom. The van der Waals surface area contributed by atoms with Gasteiger partial charge < -0.3 is 40.6 Å². The lowest BCUT2D eigenvalue weighted by Gasteiger charge is -2.39. The van der Waals surface area contributed by atoms with Crippen LogP contribution in [0.5, 0.6) is 5.75 Å². The molecule has 0 bridgehead atoms. The highest BCUT2D eigenvalue weighted by Gasteiger charge is 2.44. The van der Waals surface area contributed by atoms with Crippen LogP contribution in [0.15, 0.2) is 24.4 Å². The average molecular weight is 338 g/mol. The summed E-state index contributed by atoms with van der Waals surface area (Å²) in [4.78, 5) is 3.13. The second kappa shape index (κ2) is 7.06. The summed E-state index contributed by atoms with van der Waals surface area (Å²) < 4.78 is 11.2. The Labute approximate surface area is 138 Å². The molecule has 8 heteroatoms. The lowest BCUT2D eigenvalue weighted by atomic mass is 9.99. The van der Waals surface area contributed by atoms with Gasteiger partial charge in [-0.25, -0.2) is 0 Å². The minimum absolute atomic E-state index is 0.460. The van der Waals surface area contributed by atoms with Crippen LogP contribution in [-0.2, 0) is 11.2 Å². The number of hydrogen-bond donors (Lipinski definition) is 6. The number of aromatic amines is 1. The van der Waals surface area contributed by atoms with Crippen molar-refractivity contribution >= 4 is 10.9 Å². The number of fused-ring (bicyclic) bond motifs is 1. The van der Waals surface area contributed by atoms with E-state index >= 15 is 0 Å². The molecule has 1 saturated heterocycles. The fraction of sp³-hybridized carbons (Fsp3) is 0.500. The molecule has 132 valence electrons. The van der Waals surface area contributed by atoms with Crippen molar-refractivity contribution in [3.63, 3.8) is 0 Å². The predicted molar refractivity (Wildman–Crippen MR) is 85.5 cm³/mol. The number of H-pyrrole nitrogens is 1. The maximum Gasteiger partial charge on any atom is 0.229 e. The predicted octanol–water partition coefficient (Wildman–Crippen LogP) is -1.15. The topological polar surface area (TPSA) is 141 Å². The zero-order valence-electron chi connectivity index (χ0n) is 13.0. The van der Waals surface area contributed by atoms with Crippen molar-refractivity contribution in [1.29, 1.82) is 0 Å². The lowest BCUT2D eigenvalue weighted by molar-refractivity contribution is -0.277. The minimum atomic E-state index is -1.48. The van der Waals surface area contributed by atoms with E-state index in [2.05, 4.69) is 4.98 Å². The van der Waals surface area contributed by atoms with Gasteiger partial charge in [0.1, 0.15) is 30.2 Å². The van der Waals surface area contributed by atoms with Crippen LogP contribution in [0.25, 0.3) is 10.9 Å². The van der Waals surface area contributed by atoms with E-state index in [9.17, 15) is 20.4 Å². The summed E-state index contributed by atoms with van der Waals surface area (Å²) in [6.45, 7) is -0.0288. The van der Waals surface area contributed by atoms with E-state index < -0.39 is 37.3 Å². The molecule has 1 aliphatic rings. The Morgan fingerprint density at radius 1 is 1.17 bits per heavy atom. The third-order valence-electron chi connectivity index (χ3n) is 4.25. The molecule has 0 radical (unpaired) electrons.